The van der Waals surface area contributed by atoms with Crippen molar-refractivity contribution < 1.29 is 14.3 Å². The van der Waals surface area contributed by atoms with Gasteiger partial charge >= 0.3 is 0 Å². The molecule has 1 atom stereocenters. The summed E-state index contributed by atoms with van der Waals surface area (Å²) in [6, 6.07) is 14.6. The molecule has 2 amide bonds. The second-order valence-corrected chi connectivity index (χ2v) is 8.53. The molecule has 1 N–H and O–H groups in total. The predicted molar refractivity (Wildman–Crippen MR) is 123 cm³/mol. The first-order valence-electron chi connectivity index (χ1n) is 11.0. The highest BCUT2D eigenvalue weighted by molar-refractivity contribution is 6.30. The first kappa shape index (κ1) is 23.1. The molecular formula is C25H31ClN2O3. The van der Waals surface area contributed by atoms with Crippen LogP contribution in [0.5, 0.6) is 5.75 Å². The average Bonchev–Trinajstić information content (AvgIpc) is 3.28. The molecule has 31 heavy (non-hydrogen) atoms. The maximum absolute atomic E-state index is 13.4. The van der Waals surface area contributed by atoms with Crippen LogP contribution in [0.3, 0.4) is 0 Å². The van der Waals surface area contributed by atoms with E-state index >= 15 is 0 Å². The Bertz CT molecular complexity index is 879. The fourth-order valence-corrected chi connectivity index (χ4v) is 4.26. The zero-order valence-electron chi connectivity index (χ0n) is 18.3. The molecule has 5 nitrogen and oxygen atoms in total. The van der Waals surface area contributed by atoms with Gasteiger partial charge in [0.2, 0.25) is 11.8 Å². The zero-order valence-corrected chi connectivity index (χ0v) is 19.0. The first-order valence-corrected chi connectivity index (χ1v) is 11.3. The molecule has 0 bridgehead atoms. The normalized spacial score (nSPS) is 14.8. The van der Waals surface area contributed by atoms with Gasteiger partial charge < -0.3 is 15.0 Å². The third-order valence-corrected chi connectivity index (χ3v) is 6.10. The zero-order chi connectivity index (χ0) is 22.2. The molecule has 1 aliphatic carbocycles. The molecule has 166 valence electrons. The van der Waals surface area contributed by atoms with Crippen LogP contribution in [-0.2, 0) is 22.6 Å². The van der Waals surface area contributed by atoms with Gasteiger partial charge in [-0.1, -0.05) is 55.6 Å². The lowest BCUT2D eigenvalue weighted by molar-refractivity contribution is -0.141. The van der Waals surface area contributed by atoms with Crippen molar-refractivity contribution in [2.75, 3.05) is 7.11 Å². The Balaban J connectivity index is 1.82. The van der Waals surface area contributed by atoms with Gasteiger partial charge in [-0.25, -0.2) is 0 Å². The van der Waals surface area contributed by atoms with E-state index in [1.165, 1.54) is 0 Å². The maximum atomic E-state index is 13.4. The van der Waals surface area contributed by atoms with Crippen molar-refractivity contribution in [1.82, 2.24) is 10.2 Å². The van der Waals surface area contributed by atoms with Crippen LogP contribution in [0.4, 0.5) is 0 Å². The third kappa shape index (κ3) is 6.47. The Morgan fingerprint density at radius 1 is 1.13 bits per heavy atom. The molecule has 0 spiro atoms. The number of hydrogen-bond donors (Lipinski definition) is 1. The van der Waals surface area contributed by atoms with Crippen LogP contribution < -0.4 is 10.1 Å². The summed E-state index contributed by atoms with van der Waals surface area (Å²) in [7, 11) is 1.62. The largest absolute Gasteiger partial charge is 0.497 e. The van der Waals surface area contributed by atoms with Crippen LogP contribution in [-0.4, -0.2) is 35.9 Å². The Morgan fingerprint density at radius 3 is 2.48 bits per heavy atom. The summed E-state index contributed by atoms with van der Waals surface area (Å²) in [5.74, 6) is 0.575. The molecule has 1 unspecified atom stereocenters. The number of benzene rings is 2. The molecule has 0 aliphatic heterocycles. The summed E-state index contributed by atoms with van der Waals surface area (Å²) in [6.07, 6.45) is 5.08. The number of carbonyl (C=O) groups excluding carboxylic acids is 2. The maximum Gasteiger partial charge on any atom is 0.243 e. The van der Waals surface area contributed by atoms with Gasteiger partial charge in [-0.15, -0.1) is 0 Å². The topological polar surface area (TPSA) is 58.6 Å². The van der Waals surface area contributed by atoms with Crippen molar-refractivity contribution in [3.8, 4) is 5.75 Å². The van der Waals surface area contributed by atoms with Crippen LogP contribution in [0.15, 0.2) is 48.5 Å². The molecular weight excluding hydrogens is 412 g/mol. The Hall–Kier alpha value is -2.53. The van der Waals surface area contributed by atoms with E-state index in [9.17, 15) is 9.59 Å². The van der Waals surface area contributed by atoms with Gasteiger partial charge in [-0.3, -0.25) is 9.59 Å². The first-order chi connectivity index (χ1) is 15.0. The van der Waals surface area contributed by atoms with Crippen LogP contribution in [0, 0.1) is 0 Å². The number of nitrogens with one attached hydrogen (secondary N) is 1. The number of rotatable bonds is 9. The third-order valence-electron chi connectivity index (χ3n) is 5.84. The standard InChI is InChI=1S/C25H31ClN2O3/c1-3-23(25(30)27-21-8-4-5-9-21)28(17-19-7-6-10-22(15-19)31-2)24(29)16-18-11-13-20(26)14-12-18/h6-7,10-15,21,23H,3-5,8-9,16-17H2,1-2H3,(H,27,30). The second kappa shape index (κ2) is 11.2. The van der Waals surface area contributed by atoms with Crippen LogP contribution >= 0.6 is 11.6 Å². The van der Waals surface area contributed by atoms with Crippen molar-refractivity contribution in [2.45, 2.75) is 64.1 Å². The van der Waals surface area contributed by atoms with Gasteiger partial charge in [0.05, 0.1) is 13.5 Å². The number of amides is 2. The van der Waals surface area contributed by atoms with E-state index < -0.39 is 6.04 Å². The highest BCUT2D eigenvalue weighted by atomic mass is 35.5. The van der Waals surface area contributed by atoms with Crippen LogP contribution in [0.2, 0.25) is 5.02 Å². The van der Waals surface area contributed by atoms with Gasteiger partial charge in [0.25, 0.3) is 0 Å². The van der Waals surface area contributed by atoms with Crippen molar-refractivity contribution in [3.05, 3.63) is 64.7 Å². The second-order valence-electron chi connectivity index (χ2n) is 8.09. The van der Waals surface area contributed by atoms with Crippen LogP contribution in [0.1, 0.15) is 50.2 Å². The molecule has 1 fully saturated rings. The number of halogens is 1. The summed E-state index contributed by atoms with van der Waals surface area (Å²) in [5, 5.41) is 3.80. The van der Waals surface area contributed by atoms with Crippen molar-refractivity contribution in [2.24, 2.45) is 0 Å². The smallest absolute Gasteiger partial charge is 0.243 e. The molecule has 1 saturated carbocycles. The molecule has 3 rings (SSSR count). The number of carbonyl (C=O) groups is 2. The fraction of sp³-hybridized carbons (Fsp3) is 0.440. The van der Waals surface area contributed by atoms with E-state index in [1.807, 2.05) is 43.3 Å². The summed E-state index contributed by atoms with van der Waals surface area (Å²) >= 11 is 5.98. The van der Waals surface area contributed by atoms with Crippen molar-refractivity contribution in [1.29, 1.82) is 0 Å². The van der Waals surface area contributed by atoms with Crippen molar-refractivity contribution in [3.63, 3.8) is 0 Å². The van der Waals surface area contributed by atoms with E-state index in [0.717, 1.165) is 42.6 Å². The highest BCUT2D eigenvalue weighted by Gasteiger charge is 2.30. The molecule has 6 heteroatoms. The van der Waals surface area contributed by atoms with E-state index in [4.69, 9.17) is 16.3 Å². The lowest BCUT2D eigenvalue weighted by atomic mass is 10.1. The number of ether oxygens (including phenoxy) is 1. The fourth-order valence-electron chi connectivity index (χ4n) is 4.13. The molecule has 0 aromatic heterocycles. The summed E-state index contributed by atoms with van der Waals surface area (Å²) in [6.45, 7) is 2.30. The SMILES string of the molecule is CCC(C(=O)NC1CCCC1)N(Cc1cccc(OC)c1)C(=O)Cc1ccc(Cl)cc1. The van der Waals surface area contributed by atoms with Crippen molar-refractivity contribution >= 4 is 23.4 Å². The van der Waals surface area contributed by atoms with E-state index in [2.05, 4.69) is 5.32 Å². The number of nitrogens with zero attached hydrogens (tertiary/aromatic N) is 1. The highest BCUT2D eigenvalue weighted by Crippen LogP contribution is 2.21. The minimum atomic E-state index is -0.522. The number of methoxy groups -OCH3 is 1. The monoisotopic (exact) mass is 442 g/mol. The molecule has 0 radical (unpaired) electrons. The van der Waals surface area contributed by atoms with Gasteiger partial charge in [0.1, 0.15) is 11.8 Å². The minimum absolute atomic E-state index is 0.0678. The summed E-state index contributed by atoms with van der Waals surface area (Å²) in [4.78, 5) is 28.2. The predicted octanol–water partition coefficient (Wildman–Crippen LogP) is 4.76. The van der Waals surface area contributed by atoms with Crippen LogP contribution in [0.25, 0.3) is 0 Å². The van der Waals surface area contributed by atoms with E-state index in [0.29, 0.717) is 18.0 Å². The molecule has 0 heterocycles. The Morgan fingerprint density at radius 2 is 1.84 bits per heavy atom. The molecule has 1 aliphatic rings. The quantitative estimate of drug-likeness (QED) is 0.609. The summed E-state index contributed by atoms with van der Waals surface area (Å²) in [5.41, 5.74) is 1.80. The van der Waals surface area contributed by atoms with Gasteiger partial charge in [0.15, 0.2) is 0 Å². The lowest BCUT2D eigenvalue weighted by Gasteiger charge is -2.31. The van der Waals surface area contributed by atoms with Gasteiger partial charge in [0, 0.05) is 17.6 Å². The lowest BCUT2D eigenvalue weighted by Crippen LogP contribution is -2.51. The molecule has 2 aromatic rings. The Labute approximate surface area is 189 Å². The molecule has 0 saturated heterocycles. The van der Waals surface area contributed by atoms with E-state index in [-0.39, 0.29) is 24.3 Å². The molecule has 2 aromatic carbocycles. The van der Waals surface area contributed by atoms with Gasteiger partial charge in [-0.05, 0) is 54.7 Å². The van der Waals surface area contributed by atoms with E-state index in [1.54, 1.807) is 24.1 Å². The number of hydrogen-bond acceptors (Lipinski definition) is 3. The summed E-state index contributed by atoms with van der Waals surface area (Å²) < 4.78 is 5.33. The average molecular weight is 443 g/mol. The Kier molecular flexibility index (Phi) is 8.35. The van der Waals surface area contributed by atoms with Gasteiger partial charge in [-0.2, -0.15) is 0 Å². The minimum Gasteiger partial charge on any atom is -0.497 e.